The molecule has 6 heteroatoms. The fraction of sp³-hybridized carbons (Fsp3) is 0.800. The van der Waals surface area contributed by atoms with E-state index in [-0.39, 0.29) is 6.04 Å². The lowest BCUT2D eigenvalue weighted by molar-refractivity contribution is 0.411. The summed E-state index contributed by atoms with van der Waals surface area (Å²) in [4.78, 5) is 0. The summed E-state index contributed by atoms with van der Waals surface area (Å²) in [7, 11) is -3.34. The monoisotopic (exact) mass is 175 g/mol. The van der Waals surface area contributed by atoms with Crippen LogP contribution in [-0.4, -0.2) is 33.3 Å². The lowest BCUT2D eigenvalue weighted by atomic mass is 10.2. The van der Waals surface area contributed by atoms with E-state index < -0.39 is 15.8 Å². The number of nitriles is 1. The summed E-state index contributed by atoms with van der Waals surface area (Å²) >= 11 is 0. The van der Waals surface area contributed by atoms with Gasteiger partial charge in [0.15, 0.2) is 5.75 Å². The molecule has 0 amide bonds. The number of hydrogen-bond acceptors (Lipinski definition) is 4. The number of rotatable bonds is 3. The van der Waals surface area contributed by atoms with Gasteiger partial charge in [0, 0.05) is 19.1 Å². The number of sulfonamides is 1. The minimum absolute atomic E-state index is 0.0200. The molecule has 1 fully saturated rings. The van der Waals surface area contributed by atoms with Crippen LogP contribution in [0.5, 0.6) is 0 Å². The van der Waals surface area contributed by atoms with Crippen molar-refractivity contribution in [2.45, 2.75) is 6.04 Å². The SMILES string of the molecule is N#CCS(=O)(=O)NC1CNC1. The molecule has 0 aliphatic carbocycles. The van der Waals surface area contributed by atoms with Crippen molar-refractivity contribution in [3.8, 4) is 6.07 Å². The second kappa shape index (κ2) is 3.17. The molecule has 0 atom stereocenters. The third-order valence-corrected chi connectivity index (χ3v) is 2.58. The van der Waals surface area contributed by atoms with E-state index >= 15 is 0 Å². The van der Waals surface area contributed by atoms with Crippen molar-refractivity contribution < 1.29 is 8.42 Å². The van der Waals surface area contributed by atoms with Gasteiger partial charge in [-0.25, -0.2) is 13.1 Å². The summed E-state index contributed by atoms with van der Waals surface area (Å²) in [6, 6.07) is 1.57. The van der Waals surface area contributed by atoms with Gasteiger partial charge < -0.3 is 5.32 Å². The summed E-state index contributed by atoms with van der Waals surface area (Å²) < 4.78 is 24.1. The Hall–Kier alpha value is -0.640. The van der Waals surface area contributed by atoms with Crippen molar-refractivity contribution >= 4 is 10.0 Å². The minimum atomic E-state index is -3.34. The Labute approximate surface area is 65.4 Å². The van der Waals surface area contributed by atoms with Crippen LogP contribution in [-0.2, 0) is 10.0 Å². The van der Waals surface area contributed by atoms with E-state index in [2.05, 4.69) is 10.0 Å². The van der Waals surface area contributed by atoms with E-state index in [9.17, 15) is 8.42 Å². The van der Waals surface area contributed by atoms with Crippen LogP contribution >= 0.6 is 0 Å². The highest BCUT2D eigenvalue weighted by molar-refractivity contribution is 7.89. The van der Waals surface area contributed by atoms with E-state index in [4.69, 9.17) is 5.26 Å². The van der Waals surface area contributed by atoms with E-state index in [1.54, 1.807) is 6.07 Å². The van der Waals surface area contributed by atoms with Gasteiger partial charge in [0.1, 0.15) is 0 Å². The molecule has 0 saturated carbocycles. The largest absolute Gasteiger partial charge is 0.313 e. The van der Waals surface area contributed by atoms with Crippen LogP contribution in [0.4, 0.5) is 0 Å². The molecule has 0 unspecified atom stereocenters. The second-order valence-corrected chi connectivity index (χ2v) is 4.14. The van der Waals surface area contributed by atoms with Gasteiger partial charge in [-0.3, -0.25) is 0 Å². The van der Waals surface area contributed by atoms with E-state index in [0.29, 0.717) is 13.1 Å². The molecule has 62 valence electrons. The fourth-order valence-corrected chi connectivity index (χ4v) is 1.68. The highest BCUT2D eigenvalue weighted by Crippen LogP contribution is 1.94. The molecular formula is C5H9N3O2S. The van der Waals surface area contributed by atoms with E-state index in [0.717, 1.165) is 0 Å². The Balaban J connectivity index is 2.40. The molecule has 1 aliphatic heterocycles. The highest BCUT2D eigenvalue weighted by Gasteiger charge is 2.22. The average molecular weight is 175 g/mol. The molecular weight excluding hydrogens is 166 g/mol. The molecule has 1 heterocycles. The Kier molecular flexibility index (Phi) is 2.44. The first-order chi connectivity index (χ1) is 5.14. The number of hydrogen-bond donors (Lipinski definition) is 2. The number of nitrogens with zero attached hydrogens (tertiary/aromatic N) is 1. The van der Waals surface area contributed by atoms with Crippen molar-refractivity contribution in [1.82, 2.24) is 10.0 Å². The normalized spacial score (nSPS) is 18.8. The first-order valence-electron chi connectivity index (χ1n) is 3.22. The standard InChI is InChI=1S/C5H9N3O2S/c6-1-2-11(9,10)8-5-3-7-4-5/h5,7-8H,2-4H2. The summed E-state index contributed by atoms with van der Waals surface area (Å²) in [5, 5.41) is 11.0. The van der Waals surface area contributed by atoms with Crippen LogP contribution in [0.25, 0.3) is 0 Å². The Morgan fingerprint density at radius 1 is 1.64 bits per heavy atom. The third-order valence-electron chi connectivity index (χ3n) is 1.38. The smallest absolute Gasteiger partial charge is 0.225 e. The zero-order chi connectivity index (χ0) is 8.32. The van der Waals surface area contributed by atoms with Crippen molar-refractivity contribution in [3.63, 3.8) is 0 Å². The van der Waals surface area contributed by atoms with Gasteiger partial charge in [0.05, 0.1) is 6.07 Å². The molecule has 0 bridgehead atoms. The van der Waals surface area contributed by atoms with Gasteiger partial charge in [-0.15, -0.1) is 0 Å². The summed E-state index contributed by atoms with van der Waals surface area (Å²) in [5.41, 5.74) is 0. The lowest BCUT2D eigenvalue weighted by Gasteiger charge is -2.27. The maximum atomic E-state index is 10.9. The lowest BCUT2D eigenvalue weighted by Crippen LogP contribution is -2.57. The van der Waals surface area contributed by atoms with Crippen LogP contribution < -0.4 is 10.0 Å². The van der Waals surface area contributed by atoms with Crippen molar-refractivity contribution in [2.75, 3.05) is 18.8 Å². The Bertz CT molecular complexity index is 262. The van der Waals surface area contributed by atoms with Gasteiger partial charge in [-0.1, -0.05) is 0 Å². The van der Waals surface area contributed by atoms with Crippen LogP contribution in [0.1, 0.15) is 0 Å². The Morgan fingerprint density at radius 3 is 2.64 bits per heavy atom. The molecule has 11 heavy (non-hydrogen) atoms. The predicted molar refractivity (Wildman–Crippen MR) is 39.2 cm³/mol. The first-order valence-corrected chi connectivity index (χ1v) is 4.87. The van der Waals surface area contributed by atoms with Crippen molar-refractivity contribution in [1.29, 1.82) is 5.26 Å². The summed E-state index contributed by atoms with van der Waals surface area (Å²) in [6.07, 6.45) is 0. The minimum Gasteiger partial charge on any atom is -0.313 e. The molecule has 1 saturated heterocycles. The van der Waals surface area contributed by atoms with Crippen molar-refractivity contribution in [2.24, 2.45) is 0 Å². The Morgan fingerprint density at radius 2 is 2.27 bits per heavy atom. The molecule has 0 aromatic heterocycles. The molecule has 1 aliphatic rings. The van der Waals surface area contributed by atoms with E-state index in [1.807, 2.05) is 0 Å². The van der Waals surface area contributed by atoms with E-state index in [1.165, 1.54) is 0 Å². The average Bonchev–Trinajstić information content (AvgIpc) is 1.79. The predicted octanol–water partition coefficient (Wildman–Crippen LogP) is -1.60. The zero-order valence-corrected chi connectivity index (χ0v) is 6.69. The number of nitrogens with one attached hydrogen (secondary N) is 2. The summed E-state index contributed by atoms with van der Waals surface area (Å²) in [5.74, 6) is -0.455. The maximum absolute atomic E-state index is 10.9. The van der Waals surface area contributed by atoms with Gasteiger partial charge in [0.2, 0.25) is 10.0 Å². The molecule has 0 spiro atoms. The van der Waals surface area contributed by atoms with Crippen LogP contribution in [0.3, 0.4) is 0 Å². The molecule has 0 aromatic carbocycles. The molecule has 0 aromatic rings. The zero-order valence-electron chi connectivity index (χ0n) is 5.87. The molecule has 5 nitrogen and oxygen atoms in total. The molecule has 0 radical (unpaired) electrons. The third kappa shape index (κ3) is 2.46. The molecule has 2 N–H and O–H groups in total. The van der Waals surface area contributed by atoms with Gasteiger partial charge >= 0.3 is 0 Å². The van der Waals surface area contributed by atoms with Gasteiger partial charge in [-0.2, -0.15) is 5.26 Å². The van der Waals surface area contributed by atoms with Crippen LogP contribution in [0.2, 0.25) is 0 Å². The first kappa shape index (κ1) is 8.46. The van der Waals surface area contributed by atoms with Crippen molar-refractivity contribution in [3.05, 3.63) is 0 Å². The van der Waals surface area contributed by atoms with Gasteiger partial charge in [0.25, 0.3) is 0 Å². The van der Waals surface area contributed by atoms with Crippen LogP contribution in [0.15, 0.2) is 0 Å². The van der Waals surface area contributed by atoms with Crippen LogP contribution in [0, 0.1) is 11.3 Å². The highest BCUT2D eigenvalue weighted by atomic mass is 32.2. The topological polar surface area (TPSA) is 82.0 Å². The quantitative estimate of drug-likeness (QED) is 0.541. The fourth-order valence-electron chi connectivity index (χ4n) is 0.753. The maximum Gasteiger partial charge on any atom is 0.225 e. The summed E-state index contributed by atoms with van der Waals surface area (Å²) in [6.45, 7) is 1.31. The van der Waals surface area contributed by atoms with Gasteiger partial charge in [-0.05, 0) is 0 Å². The molecule has 1 rings (SSSR count). The second-order valence-electron chi connectivity index (χ2n) is 2.39.